The number of fused-ring (bicyclic) bond motifs is 1. The molecule has 1 amide bonds. The standard InChI is InChI=1S/C15H15F2NO3/c1-15(2)10-11(15)13(19)18(12(10)14(20)21-3)7-4-5-8(16)9(17)6-7/h4-6,10-12H,1-3H3/t10?,11?,12-/m0/s1. The zero-order valence-corrected chi connectivity index (χ0v) is 11.9. The number of anilines is 1. The maximum Gasteiger partial charge on any atom is 0.329 e. The Morgan fingerprint density at radius 2 is 1.95 bits per heavy atom. The van der Waals surface area contributed by atoms with E-state index in [0.29, 0.717) is 0 Å². The van der Waals surface area contributed by atoms with E-state index >= 15 is 0 Å². The highest BCUT2D eigenvalue weighted by atomic mass is 19.2. The number of nitrogens with zero attached hydrogens (tertiary/aromatic N) is 1. The second-order valence-electron chi connectivity index (χ2n) is 6.10. The molecule has 112 valence electrons. The first-order chi connectivity index (χ1) is 9.80. The fourth-order valence-electron chi connectivity index (χ4n) is 3.48. The summed E-state index contributed by atoms with van der Waals surface area (Å²) in [6.07, 6.45) is 0. The predicted octanol–water partition coefficient (Wildman–Crippen LogP) is 2.13. The fourth-order valence-corrected chi connectivity index (χ4v) is 3.48. The number of hydrogen-bond donors (Lipinski definition) is 0. The molecular weight excluding hydrogens is 280 g/mol. The third kappa shape index (κ3) is 1.78. The molecule has 3 atom stereocenters. The van der Waals surface area contributed by atoms with Gasteiger partial charge in [-0.15, -0.1) is 0 Å². The molecule has 1 aliphatic heterocycles. The van der Waals surface area contributed by atoms with Gasteiger partial charge < -0.3 is 4.74 Å². The van der Waals surface area contributed by atoms with E-state index in [1.807, 2.05) is 13.8 Å². The fraction of sp³-hybridized carbons (Fsp3) is 0.467. The molecule has 0 spiro atoms. The predicted molar refractivity (Wildman–Crippen MR) is 70.4 cm³/mol. The summed E-state index contributed by atoms with van der Waals surface area (Å²) in [6.45, 7) is 3.83. The van der Waals surface area contributed by atoms with Crippen LogP contribution in [-0.2, 0) is 14.3 Å². The molecule has 0 bridgehead atoms. The number of carbonyl (C=O) groups excluding carboxylic acids is 2. The summed E-state index contributed by atoms with van der Waals surface area (Å²) in [5, 5.41) is 0. The first-order valence-electron chi connectivity index (χ1n) is 6.66. The van der Waals surface area contributed by atoms with E-state index in [9.17, 15) is 18.4 Å². The number of hydrogen-bond acceptors (Lipinski definition) is 3. The molecule has 21 heavy (non-hydrogen) atoms. The first kappa shape index (κ1) is 14.0. The van der Waals surface area contributed by atoms with Gasteiger partial charge in [-0.05, 0) is 17.5 Å². The maximum atomic E-state index is 13.4. The van der Waals surface area contributed by atoms with Crippen molar-refractivity contribution in [3.05, 3.63) is 29.8 Å². The molecule has 1 aliphatic carbocycles. The minimum atomic E-state index is -1.05. The third-order valence-corrected chi connectivity index (χ3v) is 4.66. The lowest BCUT2D eigenvalue weighted by Gasteiger charge is -2.29. The summed E-state index contributed by atoms with van der Waals surface area (Å²) in [5.41, 5.74) is -0.0947. The van der Waals surface area contributed by atoms with Crippen LogP contribution in [0.3, 0.4) is 0 Å². The van der Waals surface area contributed by atoms with Crippen molar-refractivity contribution in [1.82, 2.24) is 0 Å². The minimum absolute atomic E-state index is 0.162. The van der Waals surface area contributed by atoms with Crippen molar-refractivity contribution in [3.63, 3.8) is 0 Å². The number of halogens is 2. The molecule has 6 heteroatoms. The Bertz CT molecular complexity index is 644. The van der Waals surface area contributed by atoms with Gasteiger partial charge in [-0.25, -0.2) is 13.6 Å². The summed E-state index contributed by atoms with van der Waals surface area (Å²) in [6, 6.07) is 2.39. The zero-order chi connectivity index (χ0) is 15.5. The molecule has 4 nitrogen and oxygen atoms in total. The van der Waals surface area contributed by atoms with Gasteiger partial charge in [-0.3, -0.25) is 9.69 Å². The highest BCUT2D eigenvalue weighted by Gasteiger charge is 2.74. The van der Waals surface area contributed by atoms with E-state index in [2.05, 4.69) is 0 Å². The summed E-state index contributed by atoms with van der Waals surface area (Å²) < 4.78 is 31.2. The zero-order valence-electron chi connectivity index (χ0n) is 11.9. The van der Waals surface area contributed by atoms with E-state index in [4.69, 9.17) is 4.74 Å². The van der Waals surface area contributed by atoms with Crippen LogP contribution in [0.4, 0.5) is 14.5 Å². The quantitative estimate of drug-likeness (QED) is 0.785. The number of ether oxygens (including phenoxy) is 1. The van der Waals surface area contributed by atoms with Crippen molar-refractivity contribution in [3.8, 4) is 0 Å². The van der Waals surface area contributed by atoms with Gasteiger partial charge in [0, 0.05) is 23.6 Å². The van der Waals surface area contributed by atoms with Gasteiger partial charge in [0.1, 0.15) is 6.04 Å². The number of benzene rings is 1. The number of esters is 1. The molecule has 0 N–H and O–H groups in total. The summed E-state index contributed by atoms with van der Waals surface area (Å²) in [5.74, 6) is -3.27. The van der Waals surface area contributed by atoms with Crippen molar-refractivity contribution >= 4 is 17.6 Å². The Morgan fingerprint density at radius 3 is 2.52 bits per heavy atom. The van der Waals surface area contributed by atoms with Crippen LogP contribution in [0.1, 0.15) is 13.8 Å². The van der Waals surface area contributed by atoms with Gasteiger partial charge >= 0.3 is 5.97 Å². The molecule has 2 unspecified atom stereocenters. The topological polar surface area (TPSA) is 46.6 Å². The second kappa shape index (κ2) is 4.26. The Hall–Kier alpha value is -1.98. The molecule has 1 saturated carbocycles. The molecule has 3 rings (SSSR count). The lowest BCUT2D eigenvalue weighted by Crippen LogP contribution is -2.45. The highest BCUT2D eigenvalue weighted by Crippen LogP contribution is 2.66. The lowest BCUT2D eigenvalue weighted by molar-refractivity contribution is -0.143. The van der Waals surface area contributed by atoms with E-state index < -0.39 is 23.6 Å². The van der Waals surface area contributed by atoms with Crippen molar-refractivity contribution in [2.75, 3.05) is 12.0 Å². The second-order valence-corrected chi connectivity index (χ2v) is 6.10. The van der Waals surface area contributed by atoms with E-state index in [1.54, 1.807) is 0 Å². The Kier molecular flexibility index (Phi) is 2.83. The lowest BCUT2D eigenvalue weighted by atomic mass is 10.0. The Morgan fingerprint density at radius 1 is 1.29 bits per heavy atom. The molecule has 1 saturated heterocycles. The van der Waals surface area contributed by atoms with Crippen LogP contribution in [0.15, 0.2) is 18.2 Å². The maximum absolute atomic E-state index is 13.4. The molecule has 1 heterocycles. The van der Waals surface area contributed by atoms with Gasteiger partial charge in [-0.1, -0.05) is 13.8 Å². The van der Waals surface area contributed by atoms with Crippen molar-refractivity contribution in [2.45, 2.75) is 19.9 Å². The van der Waals surface area contributed by atoms with Crippen LogP contribution in [0.2, 0.25) is 0 Å². The van der Waals surface area contributed by atoms with Gasteiger partial charge in [0.15, 0.2) is 11.6 Å². The Labute approximate surface area is 120 Å². The van der Waals surface area contributed by atoms with Crippen molar-refractivity contribution in [2.24, 2.45) is 17.3 Å². The third-order valence-electron chi connectivity index (χ3n) is 4.66. The normalized spacial score (nSPS) is 29.3. The molecule has 1 aromatic rings. The minimum Gasteiger partial charge on any atom is -0.467 e. The largest absolute Gasteiger partial charge is 0.467 e. The Balaban J connectivity index is 2.03. The van der Waals surface area contributed by atoms with Crippen LogP contribution in [0, 0.1) is 28.9 Å². The molecule has 2 fully saturated rings. The van der Waals surface area contributed by atoms with E-state index in [0.717, 1.165) is 12.1 Å². The van der Waals surface area contributed by atoms with Crippen LogP contribution in [-0.4, -0.2) is 25.0 Å². The van der Waals surface area contributed by atoms with Gasteiger partial charge in [0.05, 0.1) is 7.11 Å². The molecule has 2 aliphatic rings. The van der Waals surface area contributed by atoms with Gasteiger partial charge in [-0.2, -0.15) is 0 Å². The van der Waals surface area contributed by atoms with Crippen LogP contribution < -0.4 is 4.90 Å². The summed E-state index contributed by atoms with van der Waals surface area (Å²) >= 11 is 0. The van der Waals surface area contributed by atoms with Gasteiger partial charge in [0.2, 0.25) is 5.91 Å². The smallest absolute Gasteiger partial charge is 0.329 e. The SMILES string of the molecule is COC(=O)[C@@H]1C2C(C(=O)N1c1ccc(F)c(F)c1)C2(C)C. The van der Waals surface area contributed by atoms with E-state index in [-0.39, 0.29) is 28.8 Å². The van der Waals surface area contributed by atoms with Crippen molar-refractivity contribution in [1.29, 1.82) is 0 Å². The summed E-state index contributed by atoms with van der Waals surface area (Å²) in [4.78, 5) is 25.8. The first-order valence-corrected chi connectivity index (χ1v) is 6.66. The molecule has 1 aromatic carbocycles. The van der Waals surface area contributed by atoms with Crippen LogP contribution >= 0.6 is 0 Å². The molecular formula is C15H15F2NO3. The van der Waals surface area contributed by atoms with Crippen LogP contribution in [0.5, 0.6) is 0 Å². The number of rotatable bonds is 2. The number of carbonyl (C=O) groups is 2. The number of piperidine rings is 1. The molecule has 0 aromatic heterocycles. The highest BCUT2D eigenvalue weighted by molar-refractivity contribution is 6.07. The van der Waals surface area contributed by atoms with Crippen LogP contribution in [0.25, 0.3) is 0 Å². The average Bonchev–Trinajstić information content (AvgIpc) is 2.83. The molecule has 0 radical (unpaired) electrons. The van der Waals surface area contributed by atoms with E-state index in [1.165, 1.54) is 18.1 Å². The summed E-state index contributed by atoms with van der Waals surface area (Å²) in [7, 11) is 1.25. The van der Waals surface area contributed by atoms with Gasteiger partial charge in [0.25, 0.3) is 0 Å². The van der Waals surface area contributed by atoms with Crippen molar-refractivity contribution < 1.29 is 23.1 Å². The monoisotopic (exact) mass is 295 g/mol. The number of methoxy groups -OCH3 is 1. The number of amides is 1. The average molecular weight is 295 g/mol.